The number of benzene rings is 4. The topological polar surface area (TPSA) is 67.4 Å². The zero-order valence-electron chi connectivity index (χ0n) is 17.6. The summed E-state index contributed by atoms with van der Waals surface area (Å²) < 4.78 is 6.96. The Kier molecular flexibility index (Phi) is 8.09. The zero-order chi connectivity index (χ0) is 25.1. The Morgan fingerprint density at radius 3 is 2.20 bits per heavy atom. The minimum Gasteiger partial charge on any atom is -0.423 e. The van der Waals surface area contributed by atoms with Crippen LogP contribution in [0.4, 0.5) is 5.69 Å². The van der Waals surface area contributed by atoms with Crippen LogP contribution in [0.25, 0.3) is 10.8 Å². The maximum atomic E-state index is 12.6. The molecule has 0 aliphatic rings. The van der Waals surface area contributed by atoms with E-state index in [1.165, 1.54) is 0 Å². The smallest absolute Gasteiger partial charge is 0.345 e. The van der Waals surface area contributed by atoms with Crippen LogP contribution in [0.3, 0.4) is 0 Å². The van der Waals surface area contributed by atoms with Crippen molar-refractivity contribution in [1.82, 2.24) is 5.32 Å². The molecule has 0 radical (unpaired) electrons. The van der Waals surface area contributed by atoms with Crippen LogP contribution in [0.1, 0.15) is 20.7 Å². The molecular weight excluding hydrogens is 639 g/mol. The molecule has 35 heavy (non-hydrogen) atoms. The number of thiocarbonyl (C=S) groups is 1. The summed E-state index contributed by atoms with van der Waals surface area (Å²) >= 11 is 24.2. The second-order valence-electron chi connectivity index (χ2n) is 7.23. The van der Waals surface area contributed by atoms with E-state index in [9.17, 15) is 9.59 Å². The monoisotopic (exact) mass is 650 g/mol. The molecule has 0 aliphatic heterocycles. The molecule has 176 valence electrons. The van der Waals surface area contributed by atoms with Gasteiger partial charge in [-0.3, -0.25) is 10.1 Å². The van der Waals surface area contributed by atoms with E-state index in [-0.39, 0.29) is 10.7 Å². The van der Waals surface area contributed by atoms with Gasteiger partial charge in [0.25, 0.3) is 5.91 Å². The van der Waals surface area contributed by atoms with Gasteiger partial charge in [-0.1, -0.05) is 67.2 Å². The molecule has 4 rings (SSSR count). The van der Waals surface area contributed by atoms with Gasteiger partial charge in [0.15, 0.2) is 5.11 Å². The molecule has 0 aliphatic carbocycles. The molecule has 2 N–H and O–H groups in total. The maximum absolute atomic E-state index is 12.6. The Balaban J connectivity index is 1.50. The van der Waals surface area contributed by atoms with Gasteiger partial charge >= 0.3 is 5.97 Å². The molecule has 1 amide bonds. The molecule has 0 heterocycles. The number of halogens is 4. The fourth-order valence-corrected chi connectivity index (χ4v) is 4.57. The Bertz CT molecular complexity index is 1500. The zero-order valence-corrected chi connectivity index (χ0v) is 23.1. The number of amides is 1. The second kappa shape index (κ2) is 11.1. The molecule has 0 fully saturated rings. The summed E-state index contributed by atoms with van der Waals surface area (Å²) in [5.74, 6) is -0.648. The first kappa shape index (κ1) is 25.6. The number of hydrogen-bond donors (Lipinski definition) is 2. The summed E-state index contributed by atoms with van der Waals surface area (Å²) in [6.45, 7) is 0. The van der Waals surface area contributed by atoms with Crippen molar-refractivity contribution in [3.05, 3.63) is 103 Å². The van der Waals surface area contributed by atoms with Gasteiger partial charge < -0.3 is 10.1 Å². The lowest BCUT2D eigenvalue weighted by Gasteiger charge is -2.13. The standard InChI is InChI=1S/C25H14Br2Cl2N2O3S/c26-14-4-8-20(28)18(11-14)23(32)31-25(35)30-22-3-1-2-13-10-16(6-7-17(13)22)34-24(33)19-12-15(27)5-9-21(19)29/h1-12H,(H2,30,31,32,35). The van der Waals surface area contributed by atoms with E-state index in [1.807, 2.05) is 18.2 Å². The van der Waals surface area contributed by atoms with Crippen molar-refractivity contribution in [2.45, 2.75) is 0 Å². The maximum Gasteiger partial charge on any atom is 0.345 e. The molecule has 0 unspecified atom stereocenters. The van der Waals surface area contributed by atoms with E-state index in [1.54, 1.807) is 54.6 Å². The third-order valence-electron chi connectivity index (χ3n) is 4.86. The summed E-state index contributed by atoms with van der Waals surface area (Å²) in [6.07, 6.45) is 0. The van der Waals surface area contributed by atoms with E-state index in [4.69, 9.17) is 40.2 Å². The van der Waals surface area contributed by atoms with Crippen LogP contribution in [0.5, 0.6) is 5.75 Å². The molecule has 5 nitrogen and oxygen atoms in total. The molecule has 4 aromatic carbocycles. The largest absolute Gasteiger partial charge is 0.423 e. The molecular formula is C25H14Br2Cl2N2O3S. The lowest BCUT2D eigenvalue weighted by atomic mass is 10.1. The third-order valence-corrected chi connectivity index (χ3v) is 6.71. The van der Waals surface area contributed by atoms with E-state index >= 15 is 0 Å². The van der Waals surface area contributed by atoms with Crippen LogP contribution in [-0.4, -0.2) is 17.0 Å². The van der Waals surface area contributed by atoms with Crippen molar-refractivity contribution in [2.24, 2.45) is 0 Å². The van der Waals surface area contributed by atoms with E-state index < -0.39 is 11.9 Å². The van der Waals surface area contributed by atoms with E-state index in [0.29, 0.717) is 31.5 Å². The first-order valence-electron chi connectivity index (χ1n) is 9.98. The van der Waals surface area contributed by atoms with E-state index in [0.717, 1.165) is 15.2 Å². The van der Waals surface area contributed by atoms with Gasteiger partial charge in [0.2, 0.25) is 0 Å². The van der Waals surface area contributed by atoms with E-state index in [2.05, 4.69) is 42.5 Å². The van der Waals surface area contributed by atoms with Crippen molar-refractivity contribution in [3.63, 3.8) is 0 Å². The lowest BCUT2D eigenvalue weighted by Crippen LogP contribution is -2.34. The molecule has 0 aromatic heterocycles. The van der Waals surface area contributed by atoms with Crippen molar-refractivity contribution in [1.29, 1.82) is 0 Å². The molecule has 0 atom stereocenters. The Labute approximate surface area is 233 Å². The fraction of sp³-hybridized carbons (Fsp3) is 0. The Hall–Kier alpha value is -2.49. The van der Waals surface area contributed by atoms with Crippen molar-refractivity contribution >= 4 is 101 Å². The average Bonchev–Trinajstić information content (AvgIpc) is 2.82. The van der Waals surface area contributed by atoms with Gasteiger partial charge in [0.05, 0.1) is 21.2 Å². The molecule has 0 saturated heterocycles. The highest BCUT2D eigenvalue weighted by atomic mass is 79.9. The highest BCUT2D eigenvalue weighted by Crippen LogP contribution is 2.29. The molecule has 10 heteroatoms. The summed E-state index contributed by atoms with van der Waals surface area (Å²) in [6, 6.07) is 20.6. The number of anilines is 1. The number of carbonyl (C=O) groups excluding carboxylic acids is 2. The minimum absolute atomic E-state index is 0.110. The number of nitrogens with one attached hydrogen (secondary N) is 2. The van der Waals surface area contributed by atoms with Crippen LogP contribution in [0.15, 0.2) is 81.7 Å². The fourth-order valence-electron chi connectivity index (χ4n) is 3.25. The number of ether oxygens (including phenoxy) is 1. The number of carbonyl (C=O) groups is 2. The number of hydrogen-bond acceptors (Lipinski definition) is 4. The van der Waals surface area contributed by atoms with Crippen LogP contribution in [-0.2, 0) is 0 Å². The second-order valence-corrected chi connectivity index (χ2v) is 10.3. The van der Waals surface area contributed by atoms with Gasteiger partial charge in [-0.05, 0) is 78.3 Å². The van der Waals surface area contributed by atoms with Crippen LogP contribution in [0.2, 0.25) is 10.0 Å². The highest BCUT2D eigenvalue weighted by molar-refractivity contribution is 9.10. The SMILES string of the molecule is O=C(NC(=S)Nc1cccc2cc(OC(=O)c3cc(Br)ccc3Cl)ccc12)c1cc(Br)ccc1Cl. The molecule has 0 saturated carbocycles. The van der Waals surface area contributed by atoms with Gasteiger partial charge in [-0.2, -0.15) is 0 Å². The molecule has 0 spiro atoms. The van der Waals surface area contributed by atoms with Crippen LogP contribution < -0.4 is 15.4 Å². The quantitative estimate of drug-likeness (QED) is 0.133. The summed E-state index contributed by atoms with van der Waals surface area (Å²) in [5.41, 5.74) is 1.21. The Morgan fingerprint density at radius 2 is 1.49 bits per heavy atom. The van der Waals surface area contributed by atoms with Crippen molar-refractivity contribution in [2.75, 3.05) is 5.32 Å². The number of rotatable bonds is 4. The average molecular weight is 653 g/mol. The van der Waals surface area contributed by atoms with Crippen molar-refractivity contribution < 1.29 is 14.3 Å². The van der Waals surface area contributed by atoms with Gasteiger partial charge in [-0.25, -0.2) is 4.79 Å². The van der Waals surface area contributed by atoms with Gasteiger partial charge in [0.1, 0.15) is 5.75 Å². The summed E-state index contributed by atoms with van der Waals surface area (Å²) in [7, 11) is 0. The predicted molar refractivity (Wildman–Crippen MR) is 151 cm³/mol. The first-order valence-corrected chi connectivity index (χ1v) is 12.7. The number of esters is 1. The summed E-state index contributed by atoms with van der Waals surface area (Å²) in [5, 5.41) is 7.99. The highest BCUT2D eigenvalue weighted by Gasteiger charge is 2.15. The third kappa shape index (κ3) is 6.20. The first-order chi connectivity index (χ1) is 16.7. The number of fused-ring (bicyclic) bond motifs is 1. The lowest BCUT2D eigenvalue weighted by molar-refractivity contribution is 0.0735. The predicted octanol–water partition coefficient (Wildman–Crippen LogP) is 8.02. The van der Waals surface area contributed by atoms with Crippen LogP contribution in [0, 0.1) is 0 Å². The normalized spacial score (nSPS) is 10.6. The molecule has 0 bridgehead atoms. The van der Waals surface area contributed by atoms with Gasteiger partial charge in [-0.15, -0.1) is 0 Å². The molecule has 4 aromatic rings. The van der Waals surface area contributed by atoms with Crippen molar-refractivity contribution in [3.8, 4) is 5.75 Å². The summed E-state index contributed by atoms with van der Waals surface area (Å²) in [4.78, 5) is 25.2. The van der Waals surface area contributed by atoms with Crippen LogP contribution >= 0.6 is 67.3 Å². The van der Waals surface area contributed by atoms with Gasteiger partial charge in [0, 0.05) is 20.0 Å². The Morgan fingerprint density at radius 1 is 0.829 bits per heavy atom. The minimum atomic E-state index is -0.569.